The number of hydrogen-bond acceptors (Lipinski definition) is 5. The second-order valence-corrected chi connectivity index (χ2v) is 4.87. The van der Waals surface area contributed by atoms with Gasteiger partial charge in [-0.15, -0.1) is 0 Å². The second kappa shape index (κ2) is 7.92. The van der Waals surface area contributed by atoms with Gasteiger partial charge in [0.25, 0.3) is 5.91 Å². The Balaban J connectivity index is 2.05. The lowest BCUT2D eigenvalue weighted by molar-refractivity contribution is -0.112. The van der Waals surface area contributed by atoms with Crippen LogP contribution in [0.4, 0.5) is 5.69 Å². The average Bonchev–Trinajstić information content (AvgIpc) is 3.05. The van der Waals surface area contributed by atoms with Crippen LogP contribution in [-0.4, -0.2) is 13.0 Å². The van der Waals surface area contributed by atoms with Crippen molar-refractivity contribution in [1.29, 1.82) is 5.26 Å². The van der Waals surface area contributed by atoms with E-state index in [4.69, 9.17) is 26.0 Å². The molecular formula is C16H14ClN3O3. The van der Waals surface area contributed by atoms with Crippen molar-refractivity contribution in [3.8, 4) is 11.8 Å². The molecule has 0 saturated carbocycles. The normalized spacial score (nSPS) is 10.7. The number of halogens is 1. The largest absolute Gasteiger partial charge is 0.495 e. The van der Waals surface area contributed by atoms with E-state index in [9.17, 15) is 4.79 Å². The lowest BCUT2D eigenvalue weighted by atomic mass is 10.2. The van der Waals surface area contributed by atoms with E-state index in [1.54, 1.807) is 36.6 Å². The summed E-state index contributed by atoms with van der Waals surface area (Å²) in [5.41, 5.74) is 0.302. The summed E-state index contributed by atoms with van der Waals surface area (Å²) < 4.78 is 10.3. The minimum atomic E-state index is -0.569. The van der Waals surface area contributed by atoms with Gasteiger partial charge in [-0.05, 0) is 30.3 Å². The summed E-state index contributed by atoms with van der Waals surface area (Å²) in [6, 6.07) is 10.2. The van der Waals surface area contributed by atoms with E-state index < -0.39 is 5.91 Å². The molecule has 1 heterocycles. The molecule has 0 radical (unpaired) electrons. The van der Waals surface area contributed by atoms with Crippen LogP contribution < -0.4 is 15.4 Å². The first-order chi connectivity index (χ1) is 11.1. The molecule has 0 unspecified atom stereocenters. The monoisotopic (exact) mass is 331 g/mol. The zero-order chi connectivity index (χ0) is 16.7. The molecule has 2 aromatic rings. The number of benzene rings is 1. The number of rotatable bonds is 6. The summed E-state index contributed by atoms with van der Waals surface area (Å²) in [5, 5.41) is 15.0. The zero-order valence-corrected chi connectivity index (χ0v) is 13.1. The second-order valence-electron chi connectivity index (χ2n) is 4.43. The Hall–Kier alpha value is -2.91. The van der Waals surface area contributed by atoms with Gasteiger partial charge in [-0.2, -0.15) is 5.26 Å². The van der Waals surface area contributed by atoms with Crippen molar-refractivity contribution in [1.82, 2.24) is 5.32 Å². The molecule has 0 aliphatic rings. The highest BCUT2D eigenvalue weighted by atomic mass is 35.5. The fourth-order valence-electron chi connectivity index (χ4n) is 1.78. The third-order valence-corrected chi connectivity index (χ3v) is 3.11. The van der Waals surface area contributed by atoms with Gasteiger partial charge in [-0.1, -0.05) is 11.6 Å². The van der Waals surface area contributed by atoms with Crippen LogP contribution in [0.2, 0.25) is 5.02 Å². The molecule has 6 nitrogen and oxygen atoms in total. The molecule has 1 aromatic carbocycles. The zero-order valence-electron chi connectivity index (χ0n) is 12.3. The summed E-state index contributed by atoms with van der Waals surface area (Å²) in [4.78, 5) is 12.2. The minimum Gasteiger partial charge on any atom is -0.495 e. The van der Waals surface area contributed by atoms with Crippen LogP contribution in [0.1, 0.15) is 5.76 Å². The van der Waals surface area contributed by atoms with Crippen molar-refractivity contribution < 1.29 is 13.9 Å². The van der Waals surface area contributed by atoms with E-state index in [0.717, 1.165) is 0 Å². The van der Waals surface area contributed by atoms with E-state index in [0.29, 0.717) is 28.8 Å². The summed E-state index contributed by atoms with van der Waals surface area (Å²) in [5.74, 6) is 0.569. The SMILES string of the molecule is COc1ccc(Cl)cc1NC(=O)/C(C#N)=C\NCc1ccco1. The van der Waals surface area contributed by atoms with Crippen molar-refractivity contribution in [2.75, 3.05) is 12.4 Å². The number of nitrogens with one attached hydrogen (secondary N) is 2. The van der Waals surface area contributed by atoms with Gasteiger partial charge >= 0.3 is 0 Å². The first kappa shape index (κ1) is 16.5. The molecule has 0 bridgehead atoms. The molecule has 0 saturated heterocycles. The summed E-state index contributed by atoms with van der Waals surface area (Å²) >= 11 is 5.90. The Morgan fingerprint density at radius 2 is 2.30 bits per heavy atom. The number of nitriles is 1. The first-order valence-electron chi connectivity index (χ1n) is 6.65. The van der Waals surface area contributed by atoms with E-state index in [1.165, 1.54) is 13.3 Å². The van der Waals surface area contributed by atoms with Gasteiger partial charge in [0.15, 0.2) is 0 Å². The average molecular weight is 332 g/mol. The molecule has 1 aromatic heterocycles. The van der Waals surface area contributed by atoms with Crippen LogP contribution in [0, 0.1) is 11.3 Å². The molecule has 1 amide bonds. The van der Waals surface area contributed by atoms with Crippen molar-refractivity contribution >= 4 is 23.2 Å². The van der Waals surface area contributed by atoms with Gasteiger partial charge in [0.1, 0.15) is 23.2 Å². The van der Waals surface area contributed by atoms with Gasteiger partial charge in [0, 0.05) is 11.2 Å². The standard InChI is InChI=1S/C16H14ClN3O3/c1-22-15-5-4-12(17)7-14(15)20-16(21)11(8-18)9-19-10-13-3-2-6-23-13/h2-7,9,19H,10H2,1H3,(H,20,21)/b11-9-. The molecular weight excluding hydrogens is 318 g/mol. The molecule has 0 aliphatic heterocycles. The van der Waals surface area contributed by atoms with E-state index in [1.807, 2.05) is 6.07 Å². The molecule has 2 N–H and O–H groups in total. The molecule has 0 atom stereocenters. The lowest BCUT2D eigenvalue weighted by Gasteiger charge is -2.10. The molecule has 0 spiro atoms. The Morgan fingerprint density at radius 1 is 1.48 bits per heavy atom. The third-order valence-electron chi connectivity index (χ3n) is 2.88. The van der Waals surface area contributed by atoms with Crippen molar-refractivity contribution in [3.63, 3.8) is 0 Å². The van der Waals surface area contributed by atoms with Crippen molar-refractivity contribution in [3.05, 3.63) is 59.2 Å². The topological polar surface area (TPSA) is 87.3 Å². The smallest absolute Gasteiger partial charge is 0.267 e. The van der Waals surface area contributed by atoms with Crippen molar-refractivity contribution in [2.45, 2.75) is 6.54 Å². The van der Waals surface area contributed by atoms with Crippen molar-refractivity contribution in [2.24, 2.45) is 0 Å². The summed E-state index contributed by atoms with van der Waals surface area (Å²) in [7, 11) is 1.48. The van der Waals surface area contributed by atoms with Gasteiger partial charge in [0.05, 0.1) is 25.6 Å². The van der Waals surface area contributed by atoms with E-state index in [-0.39, 0.29) is 5.57 Å². The Kier molecular flexibility index (Phi) is 5.67. The van der Waals surface area contributed by atoms with Gasteiger partial charge < -0.3 is 19.8 Å². The lowest BCUT2D eigenvalue weighted by Crippen LogP contribution is -2.17. The molecule has 2 rings (SSSR count). The van der Waals surface area contributed by atoms with E-state index >= 15 is 0 Å². The maximum Gasteiger partial charge on any atom is 0.267 e. The summed E-state index contributed by atoms with van der Waals surface area (Å²) in [6.07, 6.45) is 2.87. The molecule has 0 fully saturated rings. The van der Waals surface area contributed by atoms with Crippen LogP contribution in [-0.2, 0) is 11.3 Å². The minimum absolute atomic E-state index is 0.0846. The first-order valence-corrected chi connectivity index (χ1v) is 7.02. The Labute approximate surface area is 138 Å². The summed E-state index contributed by atoms with van der Waals surface area (Å²) in [6.45, 7) is 0.367. The number of nitrogens with zero attached hydrogens (tertiary/aromatic N) is 1. The highest BCUT2D eigenvalue weighted by molar-refractivity contribution is 6.31. The molecule has 7 heteroatoms. The number of ether oxygens (including phenoxy) is 1. The van der Waals surface area contributed by atoms with Gasteiger partial charge in [-0.3, -0.25) is 4.79 Å². The van der Waals surface area contributed by atoms with Gasteiger partial charge in [0.2, 0.25) is 0 Å². The maximum absolute atomic E-state index is 12.2. The number of anilines is 1. The number of carbonyl (C=O) groups is 1. The Bertz CT molecular complexity index is 748. The fraction of sp³-hybridized carbons (Fsp3) is 0.125. The third kappa shape index (κ3) is 4.53. The van der Waals surface area contributed by atoms with Crippen LogP contribution >= 0.6 is 11.6 Å². The number of methoxy groups -OCH3 is 1. The molecule has 0 aliphatic carbocycles. The number of carbonyl (C=O) groups excluding carboxylic acids is 1. The van der Waals surface area contributed by atoms with E-state index in [2.05, 4.69) is 10.6 Å². The molecule has 23 heavy (non-hydrogen) atoms. The predicted octanol–water partition coefficient (Wildman–Crippen LogP) is 3.08. The predicted molar refractivity (Wildman–Crippen MR) is 85.9 cm³/mol. The van der Waals surface area contributed by atoms with Crippen LogP contribution in [0.3, 0.4) is 0 Å². The van der Waals surface area contributed by atoms with Crippen LogP contribution in [0.5, 0.6) is 5.75 Å². The highest BCUT2D eigenvalue weighted by Gasteiger charge is 2.12. The number of furan rings is 1. The Morgan fingerprint density at radius 3 is 2.96 bits per heavy atom. The number of hydrogen-bond donors (Lipinski definition) is 2. The highest BCUT2D eigenvalue weighted by Crippen LogP contribution is 2.27. The maximum atomic E-state index is 12.2. The van der Waals surface area contributed by atoms with Crippen LogP contribution in [0.25, 0.3) is 0 Å². The quantitative estimate of drug-likeness (QED) is 0.627. The van der Waals surface area contributed by atoms with Crippen LogP contribution in [0.15, 0.2) is 52.8 Å². The fourth-order valence-corrected chi connectivity index (χ4v) is 1.96. The molecule has 118 valence electrons. The van der Waals surface area contributed by atoms with Gasteiger partial charge in [-0.25, -0.2) is 0 Å². The number of amides is 1.